The van der Waals surface area contributed by atoms with Crippen molar-refractivity contribution in [1.82, 2.24) is 0 Å². The van der Waals surface area contributed by atoms with Gasteiger partial charge in [0.25, 0.3) is 0 Å². The Morgan fingerprint density at radius 2 is 1.67 bits per heavy atom. The molecule has 18 heavy (non-hydrogen) atoms. The first-order valence-electron chi connectivity index (χ1n) is 5.75. The van der Waals surface area contributed by atoms with Crippen LogP contribution in [0.2, 0.25) is 0 Å². The molecule has 0 spiro atoms. The summed E-state index contributed by atoms with van der Waals surface area (Å²) in [4.78, 5) is 0. The second kappa shape index (κ2) is 5.64. The van der Waals surface area contributed by atoms with Crippen LogP contribution in [0, 0.1) is 0 Å². The van der Waals surface area contributed by atoms with Gasteiger partial charge in [-0.3, -0.25) is 0 Å². The van der Waals surface area contributed by atoms with Crippen LogP contribution in [-0.4, -0.2) is 57.7 Å². The number of hydrogen-bond donors (Lipinski definition) is 5. The fourth-order valence-electron chi connectivity index (χ4n) is 1.92. The van der Waals surface area contributed by atoms with Crippen LogP contribution >= 0.6 is 0 Å². The van der Waals surface area contributed by atoms with E-state index < -0.39 is 37.3 Å². The first-order chi connectivity index (χ1) is 8.63. The third kappa shape index (κ3) is 2.63. The van der Waals surface area contributed by atoms with Crippen molar-refractivity contribution in [3.63, 3.8) is 0 Å². The molecule has 1 aromatic rings. The molecule has 0 saturated carbocycles. The van der Waals surface area contributed by atoms with Crippen LogP contribution in [0.1, 0.15) is 0 Å². The maximum Gasteiger partial charge on any atom is 0.157 e. The maximum absolute atomic E-state index is 9.80. The van der Waals surface area contributed by atoms with Crippen LogP contribution in [0.15, 0.2) is 30.3 Å². The molecule has 1 saturated heterocycles. The minimum Gasteiger partial charge on any atom is -0.394 e. The second-order valence-electron chi connectivity index (χ2n) is 4.26. The zero-order chi connectivity index (χ0) is 13.1. The van der Waals surface area contributed by atoms with E-state index in [2.05, 4.69) is 5.32 Å². The van der Waals surface area contributed by atoms with E-state index >= 15 is 0 Å². The number of anilines is 1. The van der Waals surface area contributed by atoms with Crippen LogP contribution in [0.5, 0.6) is 0 Å². The van der Waals surface area contributed by atoms with Crippen molar-refractivity contribution < 1.29 is 25.2 Å². The number of aliphatic hydroxyl groups excluding tert-OH is 4. The summed E-state index contributed by atoms with van der Waals surface area (Å²) in [7, 11) is 0. The van der Waals surface area contributed by atoms with E-state index in [1.165, 1.54) is 0 Å². The molecule has 6 heteroatoms. The van der Waals surface area contributed by atoms with Gasteiger partial charge in [-0.15, -0.1) is 0 Å². The molecule has 100 valence electrons. The van der Waals surface area contributed by atoms with Gasteiger partial charge in [-0.2, -0.15) is 0 Å². The molecule has 5 atom stereocenters. The molecule has 0 radical (unpaired) electrons. The summed E-state index contributed by atoms with van der Waals surface area (Å²) < 4.78 is 5.31. The lowest BCUT2D eigenvalue weighted by Gasteiger charge is -2.40. The van der Waals surface area contributed by atoms with Gasteiger partial charge in [0.2, 0.25) is 0 Å². The Bertz CT molecular complexity index is 372. The molecule has 1 fully saturated rings. The molecule has 5 N–H and O–H groups in total. The lowest BCUT2D eigenvalue weighted by atomic mass is 9.98. The lowest BCUT2D eigenvalue weighted by Crippen LogP contribution is -2.60. The van der Waals surface area contributed by atoms with Gasteiger partial charge in [0.1, 0.15) is 24.4 Å². The molecule has 0 aliphatic carbocycles. The molecule has 0 unspecified atom stereocenters. The van der Waals surface area contributed by atoms with Gasteiger partial charge in [-0.1, -0.05) is 18.2 Å². The van der Waals surface area contributed by atoms with Crippen molar-refractivity contribution in [2.45, 2.75) is 30.6 Å². The largest absolute Gasteiger partial charge is 0.394 e. The Morgan fingerprint density at radius 1 is 1.00 bits per heavy atom. The summed E-state index contributed by atoms with van der Waals surface area (Å²) in [5.41, 5.74) is 0.710. The Morgan fingerprint density at radius 3 is 2.28 bits per heavy atom. The molecular weight excluding hydrogens is 238 g/mol. The molecule has 0 amide bonds. The summed E-state index contributed by atoms with van der Waals surface area (Å²) >= 11 is 0. The quantitative estimate of drug-likeness (QED) is 0.470. The average Bonchev–Trinajstić information content (AvgIpc) is 2.40. The number of benzene rings is 1. The summed E-state index contributed by atoms with van der Waals surface area (Å²) in [6.45, 7) is -0.433. The number of ether oxygens (including phenoxy) is 1. The maximum atomic E-state index is 9.80. The number of hydrogen-bond acceptors (Lipinski definition) is 6. The smallest absolute Gasteiger partial charge is 0.157 e. The number of aliphatic hydroxyl groups is 4. The van der Waals surface area contributed by atoms with Gasteiger partial charge >= 0.3 is 0 Å². The van der Waals surface area contributed by atoms with E-state index in [1.807, 2.05) is 18.2 Å². The zero-order valence-corrected chi connectivity index (χ0v) is 9.68. The van der Waals surface area contributed by atoms with Gasteiger partial charge in [0.05, 0.1) is 6.61 Å². The first kappa shape index (κ1) is 13.3. The molecule has 0 aromatic heterocycles. The third-order valence-corrected chi connectivity index (χ3v) is 2.97. The van der Waals surface area contributed by atoms with Crippen LogP contribution < -0.4 is 5.32 Å². The number of nitrogens with one attached hydrogen (secondary N) is 1. The highest BCUT2D eigenvalue weighted by Gasteiger charge is 2.43. The van der Waals surface area contributed by atoms with Crippen molar-refractivity contribution >= 4 is 5.69 Å². The highest BCUT2D eigenvalue weighted by atomic mass is 16.6. The van der Waals surface area contributed by atoms with Crippen molar-refractivity contribution in [2.24, 2.45) is 0 Å². The highest BCUT2D eigenvalue weighted by molar-refractivity contribution is 5.43. The van der Waals surface area contributed by atoms with Crippen LogP contribution in [-0.2, 0) is 4.74 Å². The van der Waals surface area contributed by atoms with E-state index in [0.717, 1.165) is 0 Å². The topological polar surface area (TPSA) is 102 Å². The van der Waals surface area contributed by atoms with Crippen LogP contribution in [0.3, 0.4) is 0 Å². The summed E-state index contributed by atoms with van der Waals surface area (Å²) in [5.74, 6) is 0. The van der Waals surface area contributed by atoms with Gasteiger partial charge in [-0.05, 0) is 12.1 Å². The summed E-state index contributed by atoms with van der Waals surface area (Å²) in [5, 5.41) is 41.0. The normalized spacial score (nSPS) is 36.3. The van der Waals surface area contributed by atoms with E-state index in [0.29, 0.717) is 5.69 Å². The van der Waals surface area contributed by atoms with E-state index in [9.17, 15) is 15.3 Å². The molecule has 1 aliphatic rings. The Balaban J connectivity index is 2.08. The van der Waals surface area contributed by atoms with Crippen LogP contribution in [0.25, 0.3) is 0 Å². The molecular formula is C12H17NO5. The standard InChI is InChI=1S/C12H17NO5/c14-6-8-9(15)10(16)11(17)12(18-8)13-7-4-2-1-3-5-7/h1-5,8-17H,6H2/t8-,9-,10+,11+,12+/m1/s1. The minimum atomic E-state index is -1.36. The molecule has 1 heterocycles. The molecule has 2 rings (SSSR count). The lowest BCUT2D eigenvalue weighted by molar-refractivity contribution is -0.221. The molecule has 1 aliphatic heterocycles. The fourth-order valence-corrected chi connectivity index (χ4v) is 1.92. The first-order valence-corrected chi connectivity index (χ1v) is 5.75. The number of para-hydroxylation sites is 1. The van der Waals surface area contributed by atoms with E-state index in [-0.39, 0.29) is 0 Å². The van der Waals surface area contributed by atoms with Crippen molar-refractivity contribution in [3.05, 3.63) is 30.3 Å². The third-order valence-electron chi connectivity index (χ3n) is 2.97. The summed E-state index contributed by atoms with van der Waals surface area (Å²) in [6.07, 6.45) is -5.76. The van der Waals surface area contributed by atoms with Gasteiger partial charge < -0.3 is 30.5 Å². The zero-order valence-electron chi connectivity index (χ0n) is 9.68. The predicted octanol–water partition coefficient (Wildman–Crippen LogP) is -1.10. The molecule has 6 nitrogen and oxygen atoms in total. The predicted molar refractivity (Wildman–Crippen MR) is 63.8 cm³/mol. The van der Waals surface area contributed by atoms with Gasteiger partial charge in [0.15, 0.2) is 6.23 Å². The molecule has 0 bridgehead atoms. The van der Waals surface area contributed by atoms with E-state index in [4.69, 9.17) is 9.84 Å². The molecule has 1 aromatic carbocycles. The van der Waals surface area contributed by atoms with Crippen molar-refractivity contribution in [3.8, 4) is 0 Å². The summed E-state index contributed by atoms with van der Waals surface area (Å²) in [6, 6.07) is 9.03. The highest BCUT2D eigenvalue weighted by Crippen LogP contribution is 2.22. The van der Waals surface area contributed by atoms with E-state index in [1.54, 1.807) is 12.1 Å². The van der Waals surface area contributed by atoms with Crippen molar-refractivity contribution in [2.75, 3.05) is 11.9 Å². The monoisotopic (exact) mass is 255 g/mol. The van der Waals surface area contributed by atoms with Gasteiger partial charge in [-0.25, -0.2) is 0 Å². The second-order valence-corrected chi connectivity index (χ2v) is 4.26. The fraction of sp³-hybridized carbons (Fsp3) is 0.500. The Hall–Kier alpha value is -1.18. The number of rotatable bonds is 3. The Kier molecular flexibility index (Phi) is 4.15. The van der Waals surface area contributed by atoms with Crippen LogP contribution in [0.4, 0.5) is 5.69 Å². The SMILES string of the molecule is OC[C@H]1O[C@H](Nc2ccccc2)[C@@H](O)[C@@H](O)[C@@H]1O. The van der Waals surface area contributed by atoms with Crippen molar-refractivity contribution in [1.29, 1.82) is 0 Å². The average molecular weight is 255 g/mol. The minimum absolute atomic E-state index is 0.433. The van der Waals surface area contributed by atoms with Gasteiger partial charge in [0, 0.05) is 5.69 Å². The Labute approximate surface area is 104 Å².